The first-order valence-electron chi connectivity index (χ1n) is 8.53. The third-order valence-electron chi connectivity index (χ3n) is 3.77. The number of hydrogen-bond donors (Lipinski definition) is 2. The van der Waals surface area contributed by atoms with Crippen LogP contribution in [0.5, 0.6) is 5.75 Å². The van der Waals surface area contributed by atoms with Crippen LogP contribution in [0.15, 0.2) is 53.4 Å². The van der Waals surface area contributed by atoms with Gasteiger partial charge in [-0.05, 0) is 50.2 Å². The van der Waals surface area contributed by atoms with E-state index in [4.69, 9.17) is 9.47 Å². The number of para-hydroxylation sites is 1. The van der Waals surface area contributed by atoms with Crippen LogP contribution in [0.1, 0.15) is 24.2 Å². The zero-order valence-corrected chi connectivity index (χ0v) is 16.6. The zero-order chi connectivity index (χ0) is 20.7. The van der Waals surface area contributed by atoms with Crippen LogP contribution in [0.25, 0.3) is 0 Å². The molecule has 0 spiro atoms. The number of ether oxygens (including phenoxy) is 2. The van der Waals surface area contributed by atoms with Crippen LogP contribution in [0.4, 0.5) is 5.69 Å². The summed E-state index contributed by atoms with van der Waals surface area (Å²) < 4.78 is 37.8. The molecule has 0 heterocycles. The van der Waals surface area contributed by atoms with E-state index in [2.05, 4.69) is 10.0 Å². The van der Waals surface area contributed by atoms with E-state index >= 15 is 0 Å². The van der Waals surface area contributed by atoms with Crippen LogP contribution in [0.3, 0.4) is 0 Å². The summed E-state index contributed by atoms with van der Waals surface area (Å²) in [6.45, 7) is 3.59. The van der Waals surface area contributed by atoms with Crippen LogP contribution >= 0.6 is 0 Å². The summed E-state index contributed by atoms with van der Waals surface area (Å²) >= 11 is 0. The largest absolute Gasteiger partial charge is 0.497 e. The summed E-state index contributed by atoms with van der Waals surface area (Å²) in [7, 11) is -2.46. The number of nitrogens with one attached hydrogen (secondary N) is 2. The maximum atomic E-state index is 12.6. The molecule has 0 aliphatic rings. The van der Waals surface area contributed by atoms with Gasteiger partial charge >= 0.3 is 5.97 Å². The lowest BCUT2D eigenvalue weighted by Gasteiger charge is -2.15. The SMILES string of the molecule is CCNC(=O)[C@@H](C)OC(=O)c1ccccc1NS(=O)(=O)c1ccc(OC)cc1. The van der Waals surface area contributed by atoms with E-state index < -0.39 is 28.0 Å². The highest BCUT2D eigenvalue weighted by Gasteiger charge is 2.22. The fourth-order valence-corrected chi connectivity index (χ4v) is 3.38. The molecule has 0 aromatic heterocycles. The van der Waals surface area contributed by atoms with Crippen LogP contribution in [-0.4, -0.2) is 40.1 Å². The zero-order valence-electron chi connectivity index (χ0n) is 15.8. The lowest BCUT2D eigenvalue weighted by Crippen LogP contribution is -2.35. The van der Waals surface area contributed by atoms with Crippen molar-refractivity contribution >= 4 is 27.6 Å². The molecule has 0 saturated heterocycles. The minimum atomic E-state index is -3.94. The molecule has 9 heteroatoms. The number of anilines is 1. The fraction of sp³-hybridized carbons (Fsp3) is 0.263. The standard InChI is InChI=1S/C19H22N2O6S/c1-4-20-18(22)13(2)27-19(23)16-7-5-6-8-17(16)21-28(24,25)15-11-9-14(26-3)10-12-15/h5-13,21H,4H2,1-3H3,(H,20,22)/t13-/m1/s1. The van der Waals surface area contributed by atoms with E-state index in [1.165, 1.54) is 50.4 Å². The monoisotopic (exact) mass is 406 g/mol. The van der Waals surface area contributed by atoms with Gasteiger partial charge in [0.1, 0.15) is 5.75 Å². The molecule has 0 radical (unpaired) electrons. The van der Waals surface area contributed by atoms with Crippen LogP contribution in [-0.2, 0) is 19.6 Å². The van der Waals surface area contributed by atoms with E-state index in [0.717, 1.165) is 0 Å². The molecule has 2 aromatic carbocycles. The minimum Gasteiger partial charge on any atom is -0.497 e. The molecule has 0 aliphatic heterocycles. The maximum Gasteiger partial charge on any atom is 0.341 e. The summed E-state index contributed by atoms with van der Waals surface area (Å²) in [6.07, 6.45) is -1.02. The topological polar surface area (TPSA) is 111 Å². The van der Waals surface area contributed by atoms with E-state index in [1.54, 1.807) is 19.1 Å². The summed E-state index contributed by atoms with van der Waals surface area (Å²) in [5, 5.41) is 2.55. The van der Waals surface area contributed by atoms with E-state index in [-0.39, 0.29) is 16.1 Å². The van der Waals surface area contributed by atoms with Gasteiger partial charge in [0, 0.05) is 6.54 Å². The average molecular weight is 406 g/mol. The van der Waals surface area contributed by atoms with E-state index in [1.807, 2.05) is 0 Å². The molecule has 1 amide bonds. The Morgan fingerprint density at radius 3 is 2.32 bits per heavy atom. The van der Waals surface area contributed by atoms with Gasteiger partial charge in [-0.25, -0.2) is 13.2 Å². The highest BCUT2D eigenvalue weighted by atomic mass is 32.2. The van der Waals surface area contributed by atoms with Crippen molar-refractivity contribution in [3.8, 4) is 5.75 Å². The molecule has 0 fully saturated rings. The van der Waals surface area contributed by atoms with Gasteiger partial charge in [0.05, 0.1) is 23.3 Å². The highest BCUT2D eigenvalue weighted by Crippen LogP contribution is 2.22. The number of esters is 1. The molecule has 2 aromatic rings. The average Bonchev–Trinajstić information content (AvgIpc) is 2.68. The molecule has 0 aliphatic carbocycles. The normalized spacial score (nSPS) is 12.0. The van der Waals surface area contributed by atoms with Crippen molar-refractivity contribution in [1.29, 1.82) is 0 Å². The number of benzene rings is 2. The minimum absolute atomic E-state index is 0.00395. The Morgan fingerprint density at radius 1 is 1.07 bits per heavy atom. The number of hydrogen-bond acceptors (Lipinski definition) is 6. The number of likely N-dealkylation sites (N-methyl/N-ethyl adjacent to an activating group) is 1. The molecule has 1 atom stereocenters. The number of sulfonamides is 1. The summed E-state index contributed by atoms with van der Waals surface area (Å²) in [5.74, 6) is -0.735. The molecule has 8 nitrogen and oxygen atoms in total. The third-order valence-corrected chi connectivity index (χ3v) is 5.15. The maximum absolute atomic E-state index is 12.6. The molecule has 2 N–H and O–H groups in total. The highest BCUT2D eigenvalue weighted by molar-refractivity contribution is 7.92. The van der Waals surface area contributed by atoms with Crippen molar-refractivity contribution in [2.24, 2.45) is 0 Å². The molecule has 0 saturated carbocycles. The Morgan fingerprint density at radius 2 is 1.71 bits per heavy atom. The molecule has 2 rings (SSSR count). The Labute approximate surface area is 163 Å². The lowest BCUT2D eigenvalue weighted by molar-refractivity contribution is -0.128. The Bertz CT molecular complexity index is 941. The van der Waals surface area contributed by atoms with E-state index in [0.29, 0.717) is 12.3 Å². The first kappa shape index (κ1) is 21.2. The number of carbonyl (C=O) groups is 2. The number of carbonyl (C=O) groups excluding carboxylic acids is 2. The van der Waals surface area contributed by atoms with Crippen molar-refractivity contribution < 1.29 is 27.5 Å². The summed E-state index contributed by atoms with van der Waals surface area (Å²) in [5.41, 5.74) is 0.0437. The summed E-state index contributed by atoms with van der Waals surface area (Å²) in [4.78, 5) is 24.2. The van der Waals surface area contributed by atoms with Gasteiger partial charge in [-0.2, -0.15) is 0 Å². The van der Waals surface area contributed by atoms with Gasteiger partial charge in [0.25, 0.3) is 15.9 Å². The van der Waals surface area contributed by atoms with Crippen LogP contribution in [0.2, 0.25) is 0 Å². The fourth-order valence-electron chi connectivity index (χ4n) is 2.30. The predicted octanol–water partition coefficient (Wildman–Crippen LogP) is 2.18. The smallest absolute Gasteiger partial charge is 0.341 e. The second-order valence-corrected chi connectivity index (χ2v) is 7.45. The quantitative estimate of drug-likeness (QED) is 0.650. The second-order valence-electron chi connectivity index (χ2n) is 5.77. The first-order valence-corrected chi connectivity index (χ1v) is 10.0. The van der Waals surface area contributed by atoms with Crippen molar-refractivity contribution in [3.63, 3.8) is 0 Å². The van der Waals surface area contributed by atoms with Crippen LogP contribution < -0.4 is 14.8 Å². The van der Waals surface area contributed by atoms with Crippen molar-refractivity contribution in [3.05, 3.63) is 54.1 Å². The van der Waals surface area contributed by atoms with Crippen molar-refractivity contribution in [1.82, 2.24) is 5.32 Å². The van der Waals surface area contributed by atoms with Gasteiger partial charge in [0.2, 0.25) is 0 Å². The number of methoxy groups -OCH3 is 1. The lowest BCUT2D eigenvalue weighted by atomic mass is 10.2. The predicted molar refractivity (Wildman–Crippen MR) is 104 cm³/mol. The molecule has 0 bridgehead atoms. The third kappa shape index (κ3) is 5.23. The Hall–Kier alpha value is -3.07. The number of rotatable bonds is 8. The molecular formula is C19H22N2O6S. The van der Waals surface area contributed by atoms with Crippen molar-refractivity contribution in [2.45, 2.75) is 24.8 Å². The number of amides is 1. The summed E-state index contributed by atoms with van der Waals surface area (Å²) in [6, 6.07) is 11.8. The van der Waals surface area contributed by atoms with Gasteiger partial charge in [-0.15, -0.1) is 0 Å². The van der Waals surface area contributed by atoms with E-state index in [9.17, 15) is 18.0 Å². The first-order chi connectivity index (χ1) is 13.3. The van der Waals surface area contributed by atoms with Gasteiger partial charge in [-0.3, -0.25) is 9.52 Å². The van der Waals surface area contributed by atoms with Crippen LogP contribution in [0, 0.1) is 0 Å². The Kier molecular flexibility index (Phi) is 7.00. The molecule has 150 valence electrons. The van der Waals surface area contributed by atoms with Crippen molar-refractivity contribution in [2.75, 3.05) is 18.4 Å². The van der Waals surface area contributed by atoms with Gasteiger partial charge in [-0.1, -0.05) is 12.1 Å². The molecular weight excluding hydrogens is 384 g/mol. The molecule has 28 heavy (non-hydrogen) atoms. The van der Waals surface area contributed by atoms with Gasteiger partial charge < -0.3 is 14.8 Å². The molecule has 0 unspecified atom stereocenters. The van der Waals surface area contributed by atoms with Gasteiger partial charge in [0.15, 0.2) is 6.10 Å². The second kappa shape index (κ2) is 9.23. The Balaban J connectivity index is 2.23.